The quantitative estimate of drug-likeness (QED) is 0.586. The van der Waals surface area contributed by atoms with Crippen LogP contribution in [0, 0.1) is 0 Å². The average molecular weight is 200 g/mol. The summed E-state index contributed by atoms with van der Waals surface area (Å²) in [4.78, 5) is 11.3. The fraction of sp³-hybridized carbons (Fsp3) is 0.900. The van der Waals surface area contributed by atoms with Gasteiger partial charge in [-0.15, -0.1) is 0 Å². The SMILES string of the molecule is CCCCC(=O)NCC1(O)CCNC1. The van der Waals surface area contributed by atoms with Gasteiger partial charge in [0.15, 0.2) is 0 Å². The Balaban J connectivity index is 2.15. The minimum absolute atomic E-state index is 0.0483. The van der Waals surface area contributed by atoms with Crippen molar-refractivity contribution in [1.82, 2.24) is 10.6 Å². The zero-order valence-electron chi connectivity index (χ0n) is 8.81. The van der Waals surface area contributed by atoms with Gasteiger partial charge in [0.05, 0.1) is 5.60 Å². The normalized spacial score (nSPS) is 26.4. The maximum Gasteiger partial charge on any atom is 0.220 e. The molecule has 0 spiro atoms. The Bertz CT molecular complexity index is 189. The van der Waals surface area contributed by atoms with Crippen LogP contribution in [0.2, 0.25) is 0 Å². The molecule has 1 amide bonds. The van der Waals surface area contributed by atoms with E-state index in [1.807, 2.05) is 0 Å². The van der Waals surface area contributed by atoms with Gasteiger partial charge < -0.3 is 15.7 Å². The number of hydrogen-bond donors (Lipinski definition) is 3. The summed E-state index contributed by atoms with van der Waals surface area (Å²) in [6, 6.07) is 0. The molecule has 1 atom stereocenters. The van der Waals surface area contributed by atoms with Gasteiger partial charge in [-0.2, -0.15) is 0 Å². The number of nitrogens with one attached hydrogen (secondary N) is 2. The Morgan fingerprint density at radius 1 is 1.64 bits per heavy atom. The van der Waals surface area contributed by atoms with Crippen LogP contribution in [-0.4, -0.2) is 36.2 Å². The fourth-order valence-electron chi connectivity index (χ4n) is 1.57. The number of rotatable bonds is 5. The molecule has 0 aromatic heterocycles. The third-order valence-corrected chi connectivity index (χ3v) is 2.59. The summed E-state index contributed by atoms with van der Waals surface area (Å²) in [6.45, 7) is 3.85. The summed E-state index contributed by atoms with van der Waals surface area (Å²) < 4.78 is 0. The van der Waals surface area contributed by atoms with Gasteiger partial charge in [0, 0.05) is 19.5 Å². The molecule has 0 aromatic rings. The first-order chi connectivity index (χ1) is 6.66. The Morgan fingerprint density at radius 3 is 3.00 bits per heavy atom. The first-order valence-electron chi connectivity index (χ1n) is 5.36. The number of carbonyl (C=O) groups excluding carboxylic acids is 1. The molecule has 0 bridgehead atoms. The minimum atomic E-state index is -0.720. The van der Waals surface area contributed by atoms with Gasteiger partial charge in [-0.3, -0.25) is 4.79 Å². The lowest BCUT2D eigenvalue weighted by Gasteiger charge is -2.21. The van der Waals surface area contributed by atoms with Gasteiger partial charge in [-0.25, -0.2) is 0 Å². The lowest BCUT2D eigenvalue weighted by Crippen LogP contribution is -2.44. The molecule has 0 aliphatic carbocycles. The summed E-state index contributed by atoms with van der Waals surface area (Å²) in [5, 5.41) is 15.7. The summed E-state index contributed by atoms with van der Waals surface area (Å²) in [7, 11) is 0. The smallest absolute Gasteiger partial charge is 0.220 e. The van der Waals surface area contributed by atoms with Gasteiger partial charge >= 0.3 is 0 Å². The second-order valence-electron chi connectivity index (χ2n) is 4.03. The lowest BCUT2D eigenvalue weighted by atomic mass is 10.0. The van der Waals surface area contributed by atoms with Crippen LogP contribution < -0.4 is 10.6 Å². The summed E-state index contributed by atoms with van der Waals surface area (Å²) >= 11 is 0. The molecule has 0 radical (unpaired) electrons. The maximum absolute atomic E-state index is 11.3. The van der Waals surface area contributed by atoms with Crippen LogP contribution in [-0.2, 0) is 4.79 Å². The Hall–Kier alpha value is -0.610. The molecule has 1 aliphatic rings. The molecular weight excluding hydrogens is 180 g/mol. The van der Waals surface area contributed by atoms with E-state index >= 15 is 0 Å². The molecule has 1 rings (SSSR count). The van der Waals surface area contributed by atoms with E-state index in [1.54, 1.807) is 0 Å². The van der Waals surface area contributed by atoms with Gasteiger partial charge in [0.2, 0.25) is 5.91 Å². The van der Waals surface area contributed by atoms with Crippen LogP contribution >= 0.6 is 0 Å². The van der Waals surface area contributed by atoms with Crippen LogP contribution in [0.5, 0.6) is 0 Å². The van der Waals surface area contributed by atoms with Crippen LogP contribution in [0.25, 0.3) is 0 Å². The summed E-state index contributed by atoms with van der Waals surface area (Å²) in [6.07, 6.45) is 3.24. The van der Waals surface area contributed by atoms with Crippen molar-refractivity contribution in [2.24, 2.45) is 0 Å². The standard InChI is InChI=1S/C10H20N2O2/c1-2-3-4-9(13)12-8-10(14)5-6-11-7-10/h11,14H,2-8H2,1H3,(H,12,13). The second kappa shape index (κ2) is 5.32. The summed E-state index contributed by atoms with van der Waals surface area (Å²) in [5.74, 6) is 0.0483. The molecule has 1 heterocycles. The van der Waals surface area contributed by atoms with Crippen molar-refractivity contribution in [2.45, 2.75) is 38.2 Å². The van der Waals surface area contributed by atoms with Crippen LogP contribution in [0.3, 0.4) is 0 Å². The van der Waals surface area contributed by atoms with E-state index in [4.69, 9.17) is 0 Å². The molecule has 0 aromatic carbocycles. The number of unbranched alkanes of at least 4 members (excludes halogenated alkanes) is 1. The Kier molecular flexibility index (Phi) is 4.35. The number of hydrogen-bond acceptors (Lipinski definition) is 3. The number of carbonyl (C=O) groups is 1. The van der Waals surface area contributed by atoms with Gasteiger partial charge in [-0.1, -0.05) is 13.3 Å². The second-order valence-corrected chi connectivity index (χ2v) is 4.03. The molecule has 3 N–H and O–H groups in total. The van der Waals surface area contributed by atoms with Crippen molar-refractivity contribution in [3.63, 3.8) is 0 Å². The molecule has 4 heteroatoms. The predicted octanol–water partition coefficient (Wildman–Crippen LogP) is 0.0172. The predicted molar refractivity (Wildman–Crippen MR) is 55.0 cm³/mol. The lowest BCUT2D eigenvalue weighted by molar-refractivity contribution is -0.122. The van der Waals surface area contributed by atoms with E-state index in [2.05, 4.69) is 17.6 Å². The van der Waals surface area contributed by atoms with Crippen molar-refractivity contribution >= 4 is 5.91 Å². The summed E-state index contributed by atoms with van der Waals surface area (Å²) in [5.41, 5.74) is -0.720. The Labute approximate surface area is 85.1 Å². The first kappa shape index (κ1) is 11.5. The highest BCUT2D eigenvalue weighted by Gasteiger charge is 2.30. The molecule has 1 unspecified atom stereocenters. The monoisotopic (exact) mass is 200 g/mol. The van der Waals surface area contributed by atoms with Crippen molar-refractivity contribution < 1.29 is 9.90 Å². The number of β-amino-alcohol motifs (C(OH)–C–C–N with tert-alkyl or cyclic N) is 1. The Morgan fingerprint density at radius 2 is 2.43 bits per heavy atom. The van der Waals surface area contributed by atoms with Gasteiger partial charge in [0.25, 0.3) is 0 Å². The van der Waals surface area contributed by atoms with Crippen molar-refractivity contribution in [3.8, 4) is 0 Å². The van der Waals surface area contributed by atoms with Crippen LogP contribution in [0.4, 0.5) is 0 Å². The number of aliphatic hydroxyl groups is 1. The minimum Gasteiger partial charge on any atom is -0.387 e. The zero-order chi connectivity index (χ0) is 10.4. The van der Waals surface area contributed by atoms with E-state index in [0.717, 1.165) is 25.8 Å². The van der Waals surface area contributed by atoms with Crippen LogP contribution in [0.15, 0.2) is 0 Å². The topological polar surface area (TPSA) is 61.4 Å². The number of amides is 1. The largest absolute Gasteiger partial charge is 0.387 e. The molecule has 1 saturated heterocycles. The van der Waals surface area contributed by atoms with Crippen molar-refractivity contribution in [1.29, 1.82) is 0 Å². The highest BCUT2D eigenvalue weighted by atomic mass is 16.3. The molecule has 14 heavy (non-hydrogen) atoms. The van der Waals surface area contributed by atoms with E-state index in [1.165, 1.54) is 0 Å². The van der Waals surface area contributed by atoms with Crippen molar-refractivity contribution in [3.05, 3.63) is 0 Å². The highest BCUT2D eigenvalue weighted by Crippen LogP contribution is 2.12. The molecule has 1 aliphatic heterocycles. The van der Waals surface area contributed by atoms with Gasteiger partial charge in [0.1, 0.15) is 0 Å². The third kappa shape index (κ3) is 3.64. The van der Waals surface area contributed by atoms with E-state index in [9.17, 15) is 9.90 Å². The average Bonchev–Trinajstić information content (AvgIpc) is 2.60. The molecule has 1 fully saturated rings. The fourth-order valence-corrected chi connectivity index (χ4v) is 1.57. The highest BCUT2D eigenvalue weighted by molar-refractivity contribution is 5.75. The van der Waals surface area contributed by atoms with E-state index in [0.29, 0.717) is 19.5 Å². The van der Waals surface area contributed by atoms with E-state index in [-0.39, 0.29) is 5.91 Å². The maximum atomic E-state index is 11.3. The van der Waals surface area contributed by atoms with E-state index < -0.39 is 5.60 Å². The van der Waals surface area contributed by atoms with Crippen molar-refractivity contribution in [2.75, 3.05) is 19.6 Å². The first-order valence-corrected chi connectivity index (χ1v) is 5.36. The van der Waals surface area contributed by atoms with Gasteiger partial charge in [-0.05, 0) is 19.4 Å². The molecule has 0 saturated carbocycles. The molecular formula is C10H20N2O2. The molecule has 82 valence electrons. The van der Waals surface area contributed by atoms with Crippen LogP contribution in [0.1, 0.15) is 32.6 Å². The zero-order valence-corrected chi connectivity index (χ0v) is 8.81. The third-order valence-electron chi connectivity index (χ3n) is 2.59. The molecule has 4 nitrogen and oxygen atoms in total.